The van der Waals surface area contributed by atoms with Gasteiger partial charge in [0.05, 0.1) is 12.2 Å². The Hall–Kier alpha value is -1.88. The van der Waals surface area contributed by atoms with Crippen LogP contribution in [0.4, 0.5) is 4.79 Å². The van der Waals surface area contributed by atoms with Crippen LogP contribution in [0.15, 0.2) is 41.9 Å². The minimum absolute atomic E-state index is 0.0356. The van der Waals surface area contributed by atoms with Gasteiger partial charge in [0.15, 0.2) is 0 Å². The van der Waals surface area contributed by atoms with Crippen molar-refractivity contribution in [3.63, 3.8) is 0 Å². The Kier molecular flexibility index (Phi) is 5.75. The molecule has 2 aromatic rings. The van der Waals surface area contributed by atoms with Crippen LogP contribution in [0.5, 0.6) is 0 Å². The third kappa shape index (κ3) is 4.56. The Bertz CT molecular complexity index is 542. The maximum absolute atomic E-state index is 12.2. The molecule has 0 spiro atoms. The first kappa shape index (κ1) is 15.5. The quantitative estimate of drug-likeness (QED) is 0.888. The van der Waals surface area contributed by atoms with E-state index >= 15 is 0 Å². The number of nitrogens with zero attached hydrogens (tertiary/aromatic N) is 2. The zero-order valence-corrected chi connectivity index (χ0v) is 13.3. The standard InChI is InChI=1S/C16H21N3OS/c1-3-19(12-14-7-4-5-9-17-14)16(20)18-11-13(2)15-8-6-10-21-15/h4-10,13H,3,11-12H2,1-2H3,(H,18,20)/t13-/m0/s1. The lowest BCUT2D eigenvalue weighted by Gasteiger charge is -2.22. The SMILES string of the molecule is CCN(Cc1ccccn1)C(=O)NC[C@H](C)c1cccs1. The van der Waals surface area contributed by atoms with Gasteiger partial charge in [-0.05, 0) is 30.5 Å². The molecule has 2 rings (SSSR count). The second-order valence-electron chi connectivity index (χ2n) is 4.94. The highest BCUT2D eigenvalue weighted by Gasteiger charge is 2.14. The van der Waals surface area contributed by atoms with Gasteiger partial charge in [0.2, 0.25) is 0 Å². The minimum Gasteiger partial charge on any atom is -0.337 e. The van der Waals surface area contributed by atoms with E-state index in [0.29, 0.717) is 25.6 Å². The van der Waals surface area contributed by atoms with Crippen molar-refractivity contribution in [2.75, 3.05) is 13.1 Å². The average molecular weight is 303 g/mol. The number of pyridine rings is 1. The monoisotopic (exact) mass is 303 g/mol. The van der Waals surface area contributed by atoms with Gasteiger partial charge in [-0.15, -0.1) is 11.3 Å². The molecule has 0 aliphatic heterocycles. The molecule has 0 aliphatic carbocycles. The van der Waals surface area contributed by atoms with Crippen molar-refractivity contribution in [1.29, 1.82) is 0 Å². The second kappa shape index (κ2) is 7.78. The fourth-order valence-electron chi connectivity index (χ4n) is 2.04. The Labute approximate surface area is 129 Å². The summed E-state index contributed by atoms with van der Waals surface area (Å²) in [5, 5.41) is 5.07. The number of thiophene rings is 1. The summed E-state index contributed by atoms with van der Waals surface area (Å²) < 4.78 is 0. The van der Waals surface area contributed by atoms with Gasteiger partial charge in [0, 0.05) is 30.1 Å². The number of carbonyl (C=O) groups is 1. The molecular weight excluding hydrogens is 282 g/mol. The van der Waals surface area contributed by atoms with Crippen LogP contribution in [0.1, 0.15) is 30.3 Å². The van der Waals surface area contributed by atoms with E-state index in [1.54, 1.807) is 22.4 Å². The van der Waals surface area contributed by atoms with E-state index < -0.39 is 0 Å². The predicted octanol–water partition coefficient (Wildman–Crippen LogP) is 3.48. The van der Waals surface area contributed by atoms with Gasteiger partial charge < -0.3 is 10.2 Å². The lowest BCUT2D eigenvalue weighted by atomic mass is 10.1. The lowest BCUT2D eigenvalue weighted by molar-refractivity contribution is 0.197. The lowest BCUT2D eigenvalue weighted by Crippen LogP contribution is -2.40. The smallest absolute Gasteiger partial charge is 0.317 e. The van der Waals surface area contributed by atoms with Gasteiger partial charge in [-0.2, -0.15) is 0 Å². The second-order valence-corrected chi connectivity index (χ2v) is 5.92. The van der Waals surface area contributed by atoms with Crippen LogP contribution in [0.3, 0.4) is 0 Å². The summed E-state index contributed by atoms with van der Waals surface area (Å²) in [5.41, 5.74) is 0.904. The van der Waals surface area contributed by atoms with Crippen LogP contribution < -0.4 is 5.32 Å². The third-order valence-corrected chi connectivity index (χ3v) is 4.44. The van der Waals surface area contributed by atoms with E-state index in [-0.39, 0.29) is 6.03 Å². The number of aromatic nitrogens is 1. The number of nitrogens with one attached hydrogen (secondary N) is 1. The van der Waals surface area contributed by atoms with Crippen molar-refractivity contribution in [3.8, 4) is 0 Å². The van der Waals surface area contributed by atoms with E-state index in [4.69, 9.17) is 0 Å². The summed E-state index contributed by atoms with van der Waals surface area (Å²) in [7, 11) is 0. The fourth-order valence-corrected chi connectivity index (χ4v) is 2.83. The molecule has 0 saturated heterocycles. The Morgan fingerprint density at radius 1 is 1.38 bits per heavy atom. The van der Waals surface area contributed by atoms with Gasteiger partial charge in [-0.3, -0.25) is 4.98 Å². The molecule has 0 aromatic carbocycles. The topological polar surface area (TPSA) is 45.2 Å². The number of carbonyl (C=O) groups excluding carboxylic acids is 1. The summed E-state index contributed by atoms with van der Waals surface area (Å²) >= 11 is 1.72. The number of amides is 2. The van der Waals surface area contributed by atoms with E-state index in [9.17, 15) is 4.79 Å². The summed E-state index contributed by atoms with van der Waals surface area (Å²) in [6.07, 6.45) is 1.75. The molecule has 1 N–H and O–H groups in total. The molecule has 2 aromatic heterocycles. The molecule has 4 nitrogen and oxygen atoms in total. The first-order valence-electron chi connectivity index (χ1n) is 7.16. The van der Waals surface area contributed by atoms with Crippen molar-refractivity contribution in [2.24, 2.45) is 0 Å². The van der Waals surface area contributed by atoms with Crippen molar-refractivity contribution in [1.82, 2.24) is 15.2 Å². The largest absolute Gasteiger partial charge is 0.337 e. The summed E-state index contributed by atoms with van der Waals surface area (Å²) in [4.78, 5) is 19.6. The van der Waals surface area contributed by atoms with Crippen molar-refractivity contribution >= 4 is 17.4 Å². The van der Waals surface area contributed by atoms with E-state index in [2.05, 4.69) is 28.7 Å². The molecule has 2 heterocycles. The van der Waals surface area contributed by atoms with Crippen LogP contribution in [-0.4, -0.2) is 29.0 Å². The first-order valence-corrected chi connectivity index (χ1v) is 8.04. The normalized spacial score (nSPS) is 11.9. The zero-order valence-electron chi connectivity index (χ0n) is 12.5. The van der Waals surface area contributed by atoms with Crippen LogP contribution in [0.25, 0.3) is 0 Å². The maximum Gasteiger partial charge on any atom is 0.317 e. The molecule has 0 radical (unpaired) electrons. The summed E-state index contributed by atoms with van der Waals surface area (Å²) in [5.74, 6) is 0.336. The number of urea groups is 1. The summed E-state index contributed by atoms with van der Waals surface area (Å²) in [6.45, 7) is 5.96. The zero-order chi connectivity index (χ0) is 15.1. The molecule has 21 heavy (non-hydrogen) atoms. The highest BCUT2D eigenvalue weighted by Crippen LogP contribution is 2.19. The van der Waals surface area contributed by atoms with Crippen LogP contribution in [0, 0.1) is 0 Å². The van der Waals surface area contributed by atoms with E-state index in [0.717, 1.165) is 5.69 Å². The molecule has 0 bridgehead atoms. The Balaban J connectivity index is 1.85. The van der Waals surface area contributed by atoms with Gasteiger partial charge in [0.1, 0.15) is 0 Å². The molecule has 5 heteroatoms. The van der Waals surface area contributed by atoms with Gasteiger partial charge in [0.25, 0.3) is 0 Å². The van der Waals surface area contributed by atoms with Crippen LogP contribution in [0.2, 0.25) is 0 Å². The number of rotatable bonds is 6. The van der Waals surface area contributed by atoms with Crippen LogP contribution in [-0.2, 0) is 6.54 Å². The fraction of sp³-hybridized carbons (Fsp3) is 0.375. The molecule has 0 aliphatic rings. The highest BCUT2D eigenvalue weighted by molar-refractivity contribution is 7.10. The molecule has 2 amide bonds. The van der Waals surface area contributed by atoms with Crippen molar-refractivity contribution in [2.45, 2.75) is 26.3 Å². The maximum atomic E-state index is 12.2. The minimum atomic E-state index is -0.0356. The summed E-state index contributed by atoms with van der Waals surface area (Å²) in [6, 6.07) is 9.86. The number of hydrogen-bond acceptors (Lipinski definition) is 3. The van der Waals surface area contributed by atoms with Crippen LogP contribution >= 0.6 is 11.3 Å². The Morgan fingerprint density at radius 3 is 2.86 bits per heavy atom. The van der Waals surface area contributed by atoms with Crippen molar-refractivity contribution in [3.05, 3.63) is 52.5 Å². The molecular formula is C16H21N3OS. The number of hydrogen-bond donors (Lipinski definition) is 1. The predicted molar refractivity (Wildman–Crippen MR) is 86.5 cm³/mol. The van der Waals surface area contributed by atoms with Crippen molar-refractivity contribution < 1.29 is 4.79 Å². The molecule has 0 fully saturated rings. The molecule has 0 unspecified atom stereocenters. The molecule has 0 saturated carbocycles. The van der Waals surface area contributed by atoms with E-state index in [1.807, 2.05) is 31.2 Å². The molecule has 1 atom stereocenters. The molecule has 112 valence electrons. The highest BCUT2D eigenvalue weighted by atomic mass is 32.1. The van der Waals surface area contributed by atoms with E-state index in [1.165, 1.54) is 4.88 Å². The Morgan fingerprint density at radius 2 is 2.24 bits per heavy atom. The van der Waals surface area contributed by atoms with Gasteiger partial charge in [-0.25, -0.2) is 4.79 Å². The first-order chi connectivity index (χ1) is 10.2. The average Bonchev–Trinajstić information content (AvgIpc) is 3.05. The van der Waals surface area contributed by atoms with Gasteiger partial charge >= 0.3 is 6.03 Å². The third-order valence-electron chi connectivity index (χ3n) is 3.34. The van der Waals surface area contributed by atoms with Gasteiger partial charge in [-0.1, -0.05) is 19.1 Å².